The second kappa shape index (κ2) is 4.97. The highest BCUT2D eigenvalue weighted by molar-refractivity contribution is 7.71. The monoisotopic (exact) mass is 262 g/mol. The zero-order valence-corrected chi connectivity index (χ0v) is 10.3. The van der Waals surface area contributed by atoms with E-state index in [1.807, 2.05) is 12.1 Å². The predicted octanol–water partition coefficient (Wildman–Crippen LogP) is 2.51. The van der Waals surface area contributed by atoms with E-state index in [0.29, 0.717) is 17.1 Å². The highest BCUT2D eigenvalue weighted by Crippen LogP contribution is 2.26. The fourth-order valence-corrected chi connectivity index (χ4v) is 1.75. The van der Waals surface area contributed by atoms with Gasteiger partial charge in [-0.2, -0.15) is 0 Å². The van der Waals surface area contributed by atoms with E-state index in [-0.39, 0.29) is 10.3 Å². The molecule has 0 bridgehead atoms. The molecule has 0 aliphatic heterocycles. The average molecular weight is 262 g/mol. The number of aromatic carboxylic acids is 1. The summed E-state index contributed by atoms with van der Waals surface area (Å²) in [7, 11) is 1.54. The van der Waals surface area contributed by atoms with Crippen LogP contribution < -0.4 is 4.74 Å². The summed E-state index contributed by atoms with van der Waals surface area (Å²) in [6, 6.07) is 8.47. The number of aromatic nitrogens is 2. The Balaban J connectivity index is 2.64. The molecule has 92 valence electrons. The van der Waals surface area contributed by atoms with Gasteiger partial charge in [0.15, 0.2) is 0 Å². The Kier molecular flexibility index (Phi) is 3.38. The number of carboxylic acids is 1. The number of carboxylic acid groups (broad SMARTS) is 1. The Morgan fingerprint density at radius 1 is 1.44 bits per heavy atom. The smallest absolute Gasteiger partial charge is 0.352 e. The highest BCUT2D eigenvalue weighted by Gasteiger charge is 2.10. The lowest BCUT2D eigenvalue weighted by atomic mass is 10.2. The SMILES string of the molecule is COc1ccccc1-c1nc(=S)cc(C(=O)O)[nH]1. The molecule has 0 spiro atoms. The quantitative estimate of drug-likeness (QED) is 0.831. The van der Waals surface area contributed by atoms with Crippen molar-refractivity contribution in [2.45, 2.75) is 0 Å². The van der Waals surface area contributed by atoms with Crippen molar-refractivity contribution in [1.82, 2.24) is 9.97 Å². The summed E-state index contributed by atoms with van der Waals surface area (Å²) in [5.74, 6) is -0.116. The molecule has 1 aromatic heterocycles. The number of benzene rings is 1. The minimum atomic E-state index is -1.08. The first-order chi connectivity index (χ1) is 8.61. The van der Waals surface area contributed by atoms with Crippen molar-refractivity contribution in [1.29, 1.82) is 0 Å². The van der Waals surface area contributed by atoms with Crippen molar-refractivity contribution in [3.05, 3.63) is 40.7 Å². The van der Waals surface area contributed by atoms with Gasteiger partial charge in [0.05, 0.1) is 12.7 Å². The van der Waals surface area contributed by atoms with Gasteiger partial charge < -0.3 is 14.8 Å². The summed E-state index contributed by atoms with van der Waals surface area (Å²) in [5.41, 5.74) is 0.658. The van der Waals surface area contributed by atoms with E-state index in [0.717, 1.165) is 0 Å². The van der Waals surface area contributed by atoms with E-state index in [9.17, 15) is 4.79 Å². The van der Waals surface area contributed by atoms with Gasteiger partial charge in [-0.1, -0.05) is 24.4 Å². The minimum Gasteiger partial charge on any atom is -0.496 e. The van der Waals surface area contributed by atoms with Crippen LogP contribution in [0.1, 0.15) is 10.5 Å². The van der Waals surface area contributed by atoms with Crippen molar-refractivity contribution in [2.24, 2.45) is 0 Å². The second-order valence-electron chi connectivity index (χ2n) is 3.49. The molecule has 1 heterocycles. The lowest BCUT2D eigenvalue weighted by molar-refractivity contribution is 0.0690. The minimum absolute atomic E-state index is 0.00379. The first-order valence-corrected chi connectivity index (χ1v) is 5.50. The largest absolute Gasteiger partial charge is 0.496 e. The van der Waals surface area contributed by atoms with Crippen molar-refractivity contribution >= 4 is 18.2 Å². The van der Waals surface area contributed by atoms with Crippen LogP contribution in [0.15, 0.2) is 30.3 Å². The lowest BCUT2D eigenvalue weighted by Gasteiger charge is -2.08. The third-order valence-electron chi connectivity index (χ3n) is 2.34. The van der Waals surface area contributed by atoms with Gasteiger partial charge in [-0.25, -0.2) is 9.78 Å². The van der Waals surface area contributed by atoms with Crippen LogP contribution in [-0.2, 0) is 0 Å². The molecule has 6 heteroatoms. The van der Waals surface area contributed by atoms with Crippen LogP contribution in [0.5, 0.6) is 5.75 Å². The fraction of sp³-hybridized carbons (Fsp3) is 0.0833. The van der Waals surface area contributed by atoms with Crippen LogP contribution in [0.25, 0.3) is 11.4 Å². The summed E-state index contributed by atoms with van der Waals surface area (Å²) in [4.78, 5) is 17.8. The van der Waals surface area contributed by atoms with Gasteiger partial charge in [0, 0.05) is 6.07 Å². The van der Waals surface area contributed by atoms with Gasteiger partial charge in [0.25, 0.3) is 0 Å². The van der Waals surface area contributed by atoms with Crippen LogP contribution in [0.4, 0.5) is 0 Å². The van der Waals surface area contributed by atoms with Crippen LogP contribution in [-0.4, -0.2) is 28.2 Å². The third-order valence-corrected chi connectivity index (χ3v) is 2.54. The van der Waals surface area contributed by atoms with Gasteiger partial charge in [0.2, 0.25) is 0 Å². The maximum absolute atomic E-state index is 11.0. The molecule has 2 aromatic rings. The maximum Gasteiger partial charge on any atom is 0.352 e. The van der Waals surface area contributed by atoms with Gasteiger partial charge in [-0.05, 0) is 12.1 Å². The molecule has 0 aliphatic carbocycles. The van der Waals surface area contributed by atoms with E-state index < -0.39 is 5.97 Å². The van der Waals surface area contributed by atoms with E-state index in [1.54, 1.807) is 12.1 Å². The predicted molar refractivity (Wildman–Crippen MR) is 68.4 cm³/mol. The second-order valence-corrected chi connectivity index (χ2v) is 3.91. The number of aromatic amines is 1. The molecule has 18 heavy (non-hydrogen) atoms. The Hall–Kier alpha value is -2.21. The highest BCUT2D eigenvalue weighted by atomic mass is 32.1. The molecule has 0 fully saturated rings. The molecule has 0 saturated heterocycles. The number of nitrogens with one attached hydrogen (secondary N) is 1. The zero-order chi connectivity index (χ0) is 13.1. The fourth-order valence-electron chi connectivity index (χ4n) is 1.54. The number of carbonyl (C=O) groups is 1. The molecule has 1 aromatic carbocycles. The lowest BCUT2D eigenvalue weighted by Crippen LogP contribution is -2.03. The third kappa shape index (κ3) is 2.38. The Labute approximate surface area is 108 Å². The van der Waals surface area contributed by atoms with Crippen molar-refractivity contribution in [3.63, 3.8) is 0 Å². The Bertz CT molecular complexity index is 652. The summed E-state index contributed by atoms with van der Waals surface area (Å²) < 4.78 is 5.41. The molecule has 2 N–H and O–H groups in total. The first kappa shape index (κ1) is 12.3. The molecular formula is C12H10N2O3S. The molecule has 0 aliphatic rings. The number of rotatable bonds is 3. The average Bonchev–Trinajstić information content (AvgIpc) is 2.38. The van der Waals surface area contributed by atoms with Gasteiger partial charge in [-0.3, -0.25) is 0 Å². The molecule has 0 radical (unpaired) electrons. The van der Waals surface area contributed by atoms with E-state index in [4.69, 9.17) is 22.1 Å². The normalized spacial score (nSPS) is 10.1. The van der Waals surface area contributed by atoms with Crippen molar-refractivity contribution < 1.29 is 14.6 Å². The molecule has 0 atom stereocenters. The van der Waals surface area contributed by atoms with Gasteiger partial charge >= 0.3 is 5.97 Å². The number of hydrogen-bond acceptors (Lipinski definition) is 4. The van der Waals surface area contributed by atoms with Crippen LogP contribution in [0.3, 0.4) is 0 Å². The number of nitrogens with zero attached hydrogens (tertiary/aromatic N) is 1. The summed E-state index contributed by atoms with van der Waals surface area (Å²) in [6.45, 7) is 0. The number of ether oxygens (including phenoxy) is 1. The topological polar surface area (TPSA) is 75.2 Å². The molecule has 5 nitrogen and oxygen atoms in total. The molecule has 0 unspecified atom stereocenters. The van der Waals surface area contributed by atoms with Crippen LogP contribution in [0.2, 0.25) is 0 Å². The summed E-state index contributed by atoms with van der Waals surface area (Å²) >= 11 is 4.95. The first-order valence-electron chi connectivity index (χ1n) is 5.10. The van der Waals surface area contributed by atoms with Crippen molar-refractivity contribution in [2.75, 3.05) is 7.11 Å². The maximum atomic E-state index is 11.0. The number of H-pyrrole nitrogens is 1. The summed E-state index contributed by atoms with van der Waals surface area (Å²) in [6.07, 6.45) is 0. The van der Waals surface area contributed by atoms with Crippen molar-refractivity contribution in [3.8, 4) is 17.1 Å². The van der Waals surface area contributed by atoms with Crippen LogP contribution >= 0.6 is 12.2 Å². The molecule has 0 saturated carbocycles. The summed E-state index contributed by atoms with van der Waals surface area (Å²) in [5, 5.41) is 8.97. The van der Waals surface area contributed by atoms with E-state index in [1.165, 1.54) is 13.2 Å². The number of hydrogen-bond donors (Lipinski definition) is 2. The van der Waals surface area contributed by atoms with E-state index in [2.05, 4.69) is 9.97 Å². The van der Waals surface area contributed by atoms with Gasteiger partial charge in [-0.15, -0.1) is 0 Å². The molecule has 2 rings (SSSR count). The van der Waals surface area contributed by atoms with Crippen LogP contribution in [0, 0.1) is 4.64 Å². The van der Waals surface area contributed by atoms with Gasteiger partial charge in [0.1, 0.15) is 21.9 Å². The molecular weight excluding hydrogens is 252 g/mol. The Morgan fingerprint density at radius 3 is 2.83 bits per heavy atom. The molecule has 0 amide bonds. The van der Waals surface area contributed by atoms with E-state index >= 15 is 0 Å². The zero-order valence-electron chi connectivity index (χ0n) is 9.51. The Morgan fingerprint density at radius 2 is 2.17 bits per heavy atom. The number of methoxy groups -OCH3 is 1. The standard InChI is InChI=1S/C12H10N2O3S/c1-17-9-5-3-2-4-7(9)11-13-8(12(15)16)6-10(18)14-11/h2-6H,1H3,(H,15,16)(H,13,14,18). The number of para-hydroxylation sites is 1.